The molecule has 6 heteroatoms. The highest BCUT2D eigenvalue weighted by molar-refractivity contribution is 7.14. The lowest BCUT2D eigenvalue weighted by molar-refractivity contribution is 0.542. The zero-order valence-corrected chi connectivity index (χ0v) is 14.5. The summed E-state index contributed by atoms with van der Waals surface area (Å²) in [6.07, 6.45) is 1.99. The summed E-state index contributed by atoms with van der Waals surface area (Å²) >= 11 is 13.8. The fourth-order valence-electron chi connectivity index (χ4n) is 1.89. The molecule has 0 saturated heterocycles. The molecule has 1 aromatic carbocycles. The average Bonchev–Trinajstić information content (AvgIpc) is 2.90. The third kappa shape index (κ3) is 4.92. The molecule has 2 aromatic rings. The molecule has 114 valence electrons. The minimum atomic E-state index is 0.542. The number of nitrogens with one attached hydrogen (secondary N) is 1. The van der Waals surface area contributed by atoms with E-state index < -0.39 is 0 Å². The zero-order chi connectivity index (χ0) is 15.2. The molecule has 0 unspecified atom stereocenters. The van der Waals surface area contributed by atoms with Crippen LogP contribution in [0.1, 0.15) is 25.3 Å². The molecule has 0 radical (unpaired) electrons. The van der Waals surface area contributed by atoms with Crippen LogP contribution in [0.3, 0.4) is 0 Å². The summed E-state index contributed by atoms with van der Waals surface area (Å²) in [4.78, 5) is 0. The molecule has 0 fully saturated rings. The van der Waals surface area contributed by atoms with E-state index in [0.717, 1.165) is 41.5 Å². The summed E-state index contributed by atoms with van der Waals surface area (Å²) in [6.45, 7) is 6.47. The highest BCUT2D eigenvalue weighted by Crippen LogP contribution is 2.34. The molecule has 1 N–H and O–H groups in total. The summed E-state index contributed by atoms with van der Waals surface area (Å²) in [5.74, 6) is 0.683. The van der Waals surface area contributed by atoms with Crippen molar-refractivity contribution in [2.75, 3.05) is 13.1 Å². The lowest BCUT2D eigenvalue weighted by atomic mass is 10.2. The van der Waals surface area contributed by atoms with Gasteiger partial charge < -0.3 is 5.32 Å². The van der Waals surface area contributed by atoms with Crippen LogP contribution >= 0.6 is 34.5 Å². The van der Waals surface area contributed by atoms with Gasteiger partial charge in [0.05, 0.1) is 10.0 Å². The molecule has 0 aliphatic heterocycles. The van der Waals surface area contributed by atoms with E-state index in [4.69, 9.17) is 23.2 Å². The van der Waals surface area contributed by atoms with E-state index in [2.05, 4.69) is 29.4 Å². The van der Waals surface area contributed by atoms with Gasteiger partial charge >= 0.3 is 0 Å². The number of hydrogen-bond donors (Lipinski definition) is 1. The van der Waals surface area contributed by atoms with E-state index in [9.17, 15) is 0 Å². The summed E-state index contributed by atoms with van der Waals surface area (Å²) < 4.78 is 0. The number of hydrogen-bond acceptors (Lipinski definition) is 4. The van der Waals surface area contributed by atoms with Crippen molar-refractivity contribution in [3.05, 3.63) is 33.3 Å². The number of benzene rings is 1. The molecule has 0 atom stereocenters. The Morgan fingerprint density at radius 1 is 1.24 bits per heavy atom. The van der Waals surface area contributed by atoms with Crippen LogP contribution in [0.15, 0.2) is 18.2 Å². The van der Waals surface area contributed by atoms with E-state index in [1.807, 2.05) is 12.1 Å². The summed E-state index contributed by atoms with van der Waals surface area (Å²) in [5, 5.41) is 14.8. The Labute approximate surface area is 139 Å². The first-order valence-corrected chi connectivity index (χ1v) is 8.62. The standard InChI is InChI=1S/C15H19Cl2N3S/c1-10(2)9-18-8-4-7-13-19-20-15(21-13)11-5-3-6-12(16)14(11)17/h3,5-6,10,18H,4,7-9H2,1-2H3. The van der Waals surface area contributed by atoms with Crippen LogP contribution in [0.25, 0.3) is 10.6 Å². The van der Waals surface area contributed by atoms with Crippen molar-refractivity contribution in [2.45, 2.75) is 26.7 Å². The van der Waals surface area contributed by atoms with Gasteiger partial charge in [0.25, 0.3) is 0 Å². The first-order valence-electron chi connectivity index (χ1n) is 7.05. The van der Waals surface area contributed by atoms with Crippen LogP contribution in [0.4, 0.5) is 0 Å². The predicted octanol–water partition coefficient (Wildman–Crippen LogP) is 4.69. The minimum absolute atomic E-state index is 0.542. The molecule has 0 bridgehead atoms. The maximum Gasteiger partial charge on any atom is 0.149 e. The van der Waals surface area contributed by atoms with Crippen LogP contribution in [-0.2, 0) is 6.42 Å². The maximum absolute atomic E-state index is 6.21. The molecular weight excluding hydrogens is 325 g/mol. The monoisotopic (exact) mass is 343 g/mol. The van der Waals surface area contributed by atoms with Crippen molar-refractivity contribution in [2.24, 2.45) is 5.92 Å². The van der Waals surface area contributed by atoms with Crippen LogP contribution < -0.4 is 5.32 Å². The van der Waals surface area contributed by atoms with Crippen molar-refractivity contribution in [1.82, 2.24) is 15.5 Å². The van der Waals surface area contributed by atoms with E-state index >= 15 is 0 Å². The second-order valence-corrected chi connectivity index (χ2v) is 7.15. The van der Waals surface area contributed by atoms with Crippen molar-refractivity contribution in [3.8, 4) is 10.6 Å². The van der Waals surface area contributed by atoms with Gasteiger partial charge in [-0.3, -0.25) is 0 Å². The van der Waals surface area contributed by atoms with Crippen molar-refractivity contribution < 1.29 is 0 Å². The average molecular weight is 344 g/mol. The number of aromatic nitrogens is 2. The molecule has 2 rings (SSSR count). The Morgan fingerprint density at radius 3 is 2.81 bits per heavy atom. The third-order valence-electron chi connectivity index (χ3n) is 2.95. The largest absolute Gasteiger partial charge is 0.316 e. The molecule has 3 nitrogen and oxygen atoms in total. The van der Waals surface area contributed by atoms with Gasteiger partial charge in [0.1, 0.15) is 10.0 Å². The van der Waals surface area contributed by atoms with Gasteiger partial charge in [0, 0.05) is 12.0 Å². The molecule has 1 heterocycles. The second-order valence-electron chi connectivity index (χ2n) is 5.30. The highest BCUT2D eigenvalue weighted by atomic mass is 35.5. The molecule has 0 aliphatic carbocycles. The summed E-state index contributed by atoms with van der Waals surface area (Å²) in [7, 11) is 0. The van der Waals surface area contributed by atoms with E-state index in [1.54, 1.807) is 17.4 Å². The van der Waals surface area contributed by atoms with Gasteiger partial charge in [-0.2, -0.15) is 0 Å². The van der Waals surface area contributed by atoms with E-state index in [-0.39, 0.29) is 0 Å². The third-order valence-corrected chi connectivity index (χ3v) is 4.78. The number of rotatable bonds is 7. The Bertz CT molecular complexity index is 584. The van der Waals surface area contributed by atoms with Gasteiger partial charge in [-0.25, -0.2) is 0 Å². The zero-order valence-electron chi connectivity index (χ0n) is 12.2. The van der Waals surface area contributed by atoms with Gasteiger partial charge in [-0.05, 0) is 31.5 Å². The maximum atomic E-state index is 6.21. The smallest absolute Gasteiger partial charge is 0.149 e. The van der Waals surface area contributed by atoms with E-state index in [0.29, 0.717) is 16.0 Å². The Kier molecular flexibility index (Phi) is 6.42. The Balaban J connectivity index is 1.91. The molecule has 0 spiro atoms. The van der Waals surface area contributed by atoms with Crippen molar-refractivity contribution in [1.29, 1.82) is 0 Å². The SMILES string of the molecule is CC(C)CNCCCc1nnc(-c2cccc(Cl)c2Cl)s1. The Morgan fingerprint density at radius 2 is 2.05 bits per heavy atom. The molecular formula is C15H19Cl2N3S. The van der Waals surface area contributed by atoms with Crippen molar-refractivity contribution >= 4 is 34.5 Å². The number of aryl methyl sites for hydroxylation is 1. The molecule has 1 aromatic heterocycles. The second kappa shape index (κ2) is 8.08. The molecule has 21 heavy (non-hydrogen) atoms. The lowest BCUT2D eigenvalue weighted by Gasteiger charge is -2.05. The fraction of sp³-hybridized carbons (Fsp3) is 0.467. The molecule has 0 saturated carbocycles. The number of nitrogens with zero attached hydrogens (tertiary/aromatic N) is 2. The predicted molar refractivity (Wildman–Crippen MR) is 91.4 cm³/mol. The van der Waals surface area contributed by atoms with Crippen LogP contribution in [0.2, 0.25) is 10.0 Å². The van der Waals surface area contributed by atoms with Gasteiger partial charge in [0.2, 0.25) is 0 Å². The summed E-state index contributed by atoms with van der Waals surface area (Å²) in [6, 6.07) is 5.57. The van der Waals surface area contributed by atoms with Crippen LogP contribution in [0, 0.1) is 5.92 Å². The van der Waals surface area contributed by atoms with Gasteiger partial charge in [-0.15, -0.1) is 10.2 Å². The van der Waals surface area contributed by atoms with E-state index in [1.165, 1.54) is 0 Å². The van der Waals surface area contributed by atoms with Gasteiger partial charge in [-0.1, -0.05) is 60.5 Å². The first-order chi connectivity index (χ1) is 10.1. The van der Waals surface area contributed by atoms with Crippen LogP contribution in [0.5, 0.6) is 0 Å². The highest BCUT2D eigenvalue weighted by Gasteiger charge is 2.12. The topological polar surface area (TPSA) is 37.8 Å². The lowest BCUT2D eigenvalue weighted by Crippen LogP contribution is -2.21. The van der Waals surface area contributed by atoms with Gasteiger partial charge in [0.15, 0.2) is 0 Å². The molecule has 0 amide bonds. The summed E-state index contributed by atoms with van der Waals surface area (Å²) in [5.41, 5.74) is 0.853. The number of halogens is 2. The fourth-order valence-corrected chi connectivity index (χ4v) is 3.25. The molecule has 0 aliphatic rings. The Hall–Kier alpha value is -0.680. The van der Waals surface area contributed by atoms with Crippen LogP contribution in [-0.4, -0.2) is 23.3 Å². The van der Waals surface area contributed by atoms with Crippen molar-refractivity contribution in [3.63, 3.8) is 0 Å². The quantitative estimate of drug-likeness (QED) is 0.741. The minimum Gasteiger partial charge on any atom is -0.316 e. The first kappa shape index (κ1) is 16.7. The normalized spacial score (nSPS) is 11.3.